The number of amides is 1. The van der Waals surface area contributed by atoms with Crippen molar-refractivity contribution in [2.45, 2.75) is 13.8 Å². The molecule has 0 aliphatic carbocycles. The molecule has 1 aliphatic rings. The Morgan fingerprint density at radius 1 is 0.882 bits per heavy atom. The quantitative estimate of drug-likeness (QED) is 0.476. The van der Waals surface area contributed by atoms with E-state index in [1.165, 1.54) is 6.92 Å². The maximum Gasteiger partial charge on any atom is 0.260 e. The lowest BCUT2D eigenvalue weighted by Gasteiger charge is -2.35. The number of Topliss-reactive ketones (excluding diaryl/α,β-unsaturated/α-hetero) is 1. The van der Waals surface area contributed by atoms with Gasteiger partial charge in [-0.25, -0.2) is 9.97 Å². The summed E-state index contributed by atoms with van der Waals surface area (Å²) in [6.07, 6.45) is 1.57. The fourth-order valence-corrected chi connectivity index (χ4v) is 3.77. The number of ether oxygens (including phenoxy) is 2. The first-order valence-corrected chi connectivity index (χ1v) is 11.4. The van der Waals surface area contributed by atoms with Crippen molar-refractivity contribution in [3.63, 3.8) is 0 Å². The minimum Gasteiger partial charge on any atom is -0.494 e. The van der Waals surface area contributed by atoms with Gasteiger partial charge in [-0.3, -0.25) is 9.59 Å². The number of aromatic nitrogens is 2. The van der Waals surface area contributed by atoms with Crippen LogP contribution in [-0.4, -0.2) is 66.0 Å². The Morgan fingerprint density at radius 2 is 1.53 bits per heavy atom. The zero-order chi connectivity index (χ0) is 23.9. The topological polar surface area (TPSA) is 84.9 Å². The van der Waals surface area contributed by atoms with E-state index in [0.29, 0.717) is 44.1 Å². The van der Waals surface area contributed by atoms with Gasteiger partial charge in [-0.15, -0.1) is 0 Å². The minimum atomic E-state index is -0.0620. The third kappa shape index (κ3) is 5.70. The van der Waals surface area contributed by atoms with Gasteiger partial charge in [0.05, 0.1) is 12.3 Å². The second kappa shape index (κ2) is 10.8. The first-order valence-electron chi connectivity index (χ1n) is 11.4. The van der Waals surface area contributed by atoms with Gasteiger partial charge in [0.15, 0.2) is 12.4 Å². The van der Waals surface area contributed by atoms with Crippen molar-refractivity contribution < 1.29 is 19.1 Å². The van der Waals surface area contributed by atoms with Gasteiger partial charge in [0.25, 0.3) is 5.91 Å². The molecule has 8 heteroatoms. The van der Waals surface area contributed by atoms with Crippen molar-refractivity contribution in [2.24, 2.45) is 0 Å². The molecule has 1 fully saturated rings. The summed E-state index contributed by atoms with van der Waals surface area (Å²) in [6, 6.07) is 16.6. The number of nitrogens with zero attached hydrogens (tertiary/aromatic N) is 4. The highest BCUT2D eigenvalue weighted by molar-refractivity contribution is 5.94. The lowest BCUT2D eigenvalue weighted by Crippen LogP contribution is -2.50. The predicted octanol–water partition coefficient (Wildman–Crippen LogP) is 3.47. The number of hydrogen-bond acceptors (Lipinski definition) is 7. The molecule has 0 bridgehead atoms. The summed E-state index contributed by atoms with van der Waals surface area (Å²) in [5, 5.41) is 0. The van der Waals surface area contributed by atoms with Gasteiger partial charge in [0.1, 0.15) is 23.6 Å². The number of carbonyl (C=O) groups is 2. The lowest BCUT2D eigenvalue weighted by molar-refractivity contribution is -0.133. The van der Waals surface area contributed by atoms with Crippen LogP contribution >= 0.6 is 0 Å². The number of hydrogen-bond donors (Lipinski definition) is 0. The Morgan fingerprint density at radius 3 is 2.18 bits per heavy atom. The highest BCUT2D eigenvalue weighted by Gasteiger charge is 2.22. The van der Waals surface area contributed by atoms with Crippen molar-refractivity contribution in [1.29, 1.82) is 0 Å². The predicted molar refractivity (Wildman–Crippen MR) is 129 cm³/mol. The highest BCUT2D eigenvalue weighted by atomic mass is 16.5. The number of carbonyl (C=O) groups excluding carboxylic acids is 2. The SMILES string of the molecule is CCOc1ccc(-c2cc(N3CCN(C(=O)COc4ccc(C(C)=O)cc4)CC3)ncn2)cc1. The Bertz CT molecular complexity index is 1120. The number of anilines is 1. The molecule has 1 aromatic heterocycles. The minimum absolute atomic E-state index is 0.00390. The monoisotopic (exact) mass is 460 g/mol. The third-order valence-electron chi connectivity index (χ3n) is 5.69. The van der Waals surface area contributed by atoms with Crippen LogP contribution in [0.15, 0.2) is 60.9 Å². The van der Waals surface area contributed by atoms with Gasteiger partial charge in [-0.1, -0.05) is 0 Å². The molecule has 34 heavy (non-hydrogen) atoms. The molecule has 1 aliphatic heterocycles. The molecule has 176 valence electrons. The molecule has 3 aromatic rings. The second-order valence-corrected chi connectivity index (χ2v) is 7.96. The van der Waals surface area contributed by atoms with E-state index in [-0.39, 0.29) is 18.3 Å². The Kier molecular flexibility index (Phi) is 7.37. The first kappa shape index (κ1) is 23.2. The van der Waals surface area contributed by atoms with E-state index in [0.717, 1.165) is 22.8 Å². The molecule has 0 saturated carbocycles. The number of rotatable bonds is 8. The van der Waals surface area contributed by atoms with Gasteiger partial charge < -0.3 is 19.3 Å². The Balaban J connectivity index is 1.30. The van der Waals surface area contributed by atoms with E-state index >= 15 is 0 Å². The number of benzene rings is 2. The van der Waals surface area contributed by atoms with E-state index in [1.807, 2.05) is 37.3 Å². The molecule has 2 aromatic carbocycles. The molecule has 8 nitrogen and oxygen atoms in total. The molecule has 0 N–H and O–H groups in total. The summed E-state index contributed by atoms with van der Waals surface area (Å²) in [5.74, 6) is 2.18. The second-order valence-electron chi connectivity index (χ2n) is 7.96. The molecule has 1 saturated heterocycles. The van der Waals surface area contributed by atoms with Gasteiger partial charge in [-0.2, -0.15) is 0 Å². The largest absolute Gasteiger partial charge is 0.494 e. The van der Waals surface area contributed by atoms with E-state index in [4.69, 9.17) is 9.47 Å². The lowest BCUT2D eigenvalue weighted by atomic mass is 10.1. The van der Waals surface area contributed by atoms with Crippen LogP contribution in [-0.2, 0) is 4.79 Å². The van der Waals surface area contributed by atoms with Gasteiger partial charge in [0, 0.05) is 43.4 Å². The summed E-state index contributed by atoms with van der Waals surface area (Å²) < 4.78 is 11.1. The van der Waals surface area contributed by atoms with E-state index in [9.17, 15) is 9.59 Å². The van der Waals surface area contributed by atoms with Crippen molar-refractivity contribution in [3.8, 4) is 22.8 Å². The molecular weight excluding hydrogens is 432 g/mol. The molecule has 0 radical (unpaired) electrons. The number of ketones is 1. The average molecular weight is 461 g/mol. The van der Waals surface area contributed by atoms with Gasteiger partial charge in [-0.05, 0) is 62.4 Å². The smallest absolute Gasteiger partial charge is 0.260 e. The summed E-state index contributed by atoms with van der Waals surface area (Å²) in [4.78, 5) is 36.8. The third-order valence-corrected chi connectivity index (χ3v) is 5.69. The molecule has 0 unspecified atom stereocenters. The molecule has 4 rings (SSSR count). The zero-order valence-electron chi connectivity index (χ0n) is 19.4. The first-order chi connectivity index (χ1) is 16.5. The van der Waals surface area contributed by atoms with Crippen LogP contribution in [0.25, 0.3) is 11.3 Å². The van der Waals surface area contributed by atoms with Crippen LogP contribution in [0.5, 0.6) is 11.5 Å². The van der Waals surface area contributed by atoms with Crippen LogP contribution in [0.4, 0.5) is 5.82 Å². The summed E-state index contributed by atoms with van der Waals surface area (Å²) in [5.41, 5.74) is 2.45. The van der Waals surface area contributed by atoms with Gasteiger partial charge >= 0.3 is 0 Å². The standard InChI is InChI=1S/C26H28N4O4/c1-3-33-22-10-6-21(7-11-22)24-16-25(28-18-27-24)29-12-14-30(15-13-29)26(32)17-34-23-8-4-20(5-9-23)19(2)31/h4-11,16,18H,3,12-15,17H2,1-2H3. The maximum atomic E-state index is 12.6. The average Bonchev–Trinajstić information content (AvgIpc) is 2.88. The van der Waals surface area contributed by atoms with E-state index < -0.39 is 0 Å². The summed E-state index contributed by atoms with van der Waals surface area (Å²) in [6.45, 7) is 6.61. The van der Waals surface area contributed by atoms with Crippen LogP contribution in [0.3, 0.4) is 0 Å². The van der Waals surface area contributed by atoms with Crippen molar-refractivity contribution in [2.75, 3.05) is 44.3 Å². The zero-order valence-corrected chi connectivity index (χ0v) is 19.4. The summed E-state index contributed by atoms with van der Waals surface area (Å²) in [7, 11) is 0. The van der Waals surface area contributed by atoms with E-state index in [1.54, 1.807) is 35.5 Å². The van der Waals surface area contributed by atoms with Crippen molar-refractivity contribution >= 4 is 17.5 Å². The van der Waals surface area contributed by atoms with Crippen LogP contribution in [0.1, 0.15) is 24.2 Å². The Labute approximate surface area is 199 Å². The molecule has 1 amide bonds. The summed E-state index contributed by atoms with van der Waals surface area (Å²) >= 11 is 0. The van der Waals surface area contributed by atoms with E-state index in [2.05, 4.69) is 14.9 Å². The van der Waals surface area contributed by atoms with Crippen LogP contribution < -0.4 is 14.4 Å². The van der Waals surface area contributed by atoms with Gasteiger partial charge in [0.2, 0.25) is 0 Å². The van der Waals surface area contributed by atoms with Crippen molar-refractivity contribution in [3.05, 3.63) is 66.5 Å². The molecule has 0 spiro atoms. The van der Waals surface area contributed by atoms with Crippen LogP contribution in [0.2, 0.25) is 0 Å². The highest BCUT2D eigenvalue weighted by Crippen LogP contribution is 2.24. The normalized spacial score (nSPS) is 13.5. The van der Waals surface area contributed by atoms with Crippen LogP contribution in [0, 0.1) is 0 Å². The molecular formula is C26H28N4O4. The fourth-order valence-electron chi connectivity index (χ4n) is 3.77. The molecule has 0 atom stereocenters. The number of piperazine rings is 1. The Hall–Kier alpha value is -3.94. The maximum absolute atomic E-state index is 12.6. The fraction of sp³-hybridized carbons (Fsp3) is 0.308. The molecule has 2 heterocycles. The van der Waals surface area contributed by atoms with Crippen molar-refractivity contribution in [1.82, 2.24) is 14.9 Å².